The fraction of sp³-hybridized carbons (Fsp3) is 0.571. The molecule has 1 aliphatic heterocycles. The molecule has 0 fully saturated rings. The predicted octanol–water partition coefficient (Wildman–Crippen LogP) is 2.57. The molecule has 1 aliphatic rings. The van der Waals surface area contributed by atoms with Gasteiger partial charge in [-0.2, -0.15) is 0 Å². The molecule has 0 radical (unpaired) electrons. The Kier molecular flexibility index (Phi) is 4.70. The topological polar surface area (TPSA) is 39.7 Å². The van der Waals surface area contributed by atoms with Crippen molar-refractivity contribution >= 4 is 0 Å². The Hall–Kier alpha value is -1.42. The zero-order valence-corrected chi connectivity index (χ0v) is 11.1. The minimum atomic E-state index is 0.212. The van der Waals surface area contributed by atoms with Crippen LogP contribution in [0.25, 0.3) is 0 Å². The molecule has 100 valence electrons. The fourth-order valence-corrected chi connectivity index (χ4v) is 1.93. The summed E-state index contributed by atoms with van der Waals surface area (Å²) in [6.45, 7) is 6.59. The first-order chi connectivity index (χ1) is 8.79. The molecule has 1 heterocycles. The van der Waals surface area contributed by atoms with Crippen molar-refractivity contribution in [2.75, 3.05) is 19.9 Å². The van der Waals surface area contributed by atoms with Gasteiger partial charge in [0.1, 0.15) is 5.75 Å². The van der Waals surface area contributed by atoms with Gasteiger partial charge < -0.3 is 19.5 Å². The number of fused-ring (bicyclic) bond motifs is 1. The van der Waals surface area contributed by atoms with Crippen LogP contribution in [-0.2, 0) is 0 Å². The van der Waals surface area contributed by atoms with E-state index < -0.39 is 0 Å². The predicted molar refractivity (Wildman–Crippen MR) is 70.4 cm³/mol. The van der Waals surface area contributed by atoms with Crippen LogP contribution < -0.4 is 19.5 Å². The molecule has 4 nitrogen and oxygen atoms in total. The maximum absolute atomic E-state index is 5.86. The molecule has 0 spiro atoms. The maximum atomic E-state index is 5.86. The van der Waals surface area contributed by atoms with Gasteiger partial charge in [-0.05, 0) is 45.0 Å². The molecule has 0 saturated carbocycles. The van der Waals surface area contributed by atoms with Crippen molar-refractivity contribution in [3.8, 4) is 17.2 Å². The van der Waals surface area contributed by atoms with E-state index >= 15 is 0 Å². The van der Waals surface area contributed by atoms with E-state index in [0.29, 0.717) is 6.79 Å². The summed E-state index contributed by atoms with van der Waals surface area (Å²) in [6.07, 6.45) is 2.38. The lowest BCUT2D eigenvalue weighted by molar-refractivity contribution is 0.173. The normalized spacial score (nSPS) is 14.6. The van der Waals surface area contributed by atoms with Gasteiger partial charge in [0.25, 0.3) is 0 Å². The van der Waals surface area contributed by atoms with E-state index in [1.54, 1.807) is 0 Å². The van der Waals surface area contributed by atoms with Gasteiger partial charge in [0, 0.05) is 6.07 Å². The average Bonchev–Trinajstić information content (AvgIpc) is 2.82. The molecule has 0 aliphatic carbocycles. The van der Waals surface area contributed by atoms with Crippen LogP contribution in [0.5, 0.6) is 17.2 Å². The smallest absolute Gasteiger partial charge is 0.231 e. The van der Waals surface area contributed by atoms with Crippen molar-refractivity contribution in [1.82, 2.24) is 5.32 Å². The van der Waals surface area contributed by atoms with E-state index in [1.165, 1.54) is 0 Å². The molecule has 1 aromatic rings. The molecule has 1 atom stereocenters. The minimum Gasteiger partial charge on any atom is -0.491 e. The minimum absolute atomic E-state index is 0.212. The molecule has 0 bridgehead atoms. The number of nitrogens with one attached hydrogen (secondary N) is 1. The number of benzene rings is 1. The summed E-state index contributed by atoms with van der Waals surface area (Å²) < 4.78 is 16.4. The third-order valence-electron chi connectivity index (χ3n) is 2.90. The van der Waals surface area contributed by atoms with Crippen LogP contribution in [0.15, 0.2) is 18.2 Å². The Labute approximate surface area is 108 Å². The Morgan fingerprint density at radius 2 is 2.17 bits per heavy atom. The van der Waals surface area contributed by atoms with Gasteiger partial charge in [-0.3, -0.25) is 0 Å². The van der Waals surface area contributed by atoms with Gasteiger partial charge in [-0.25, -0.2) is 0 Å². The molecule has 0 amide bonds. The first-order valence-electron chi connectivity index (χ1n) is 6.56. The highest BCUT2D eigenvalue weighted by Gasteiger charge is 2.14. The van der Waals surface area contributed by atoms with E-state index in [2.05, 4.69) is 19.2 Å². The second kappa shape index (κ2) is 6.50. The van der Waals surface area contributed by atoms with Gasteiger partial charge in [0.05, 0.1) is 6.10 Å². The van der Waals surface area contributed by atoms with Crippen molar-refractivity contribution in [3.63, 3.8) is 0 Å². The monoisotopic (exact) mass is 251 g/mol. The van der Waals surface area contributed by atoms with Gasteiger partial charge in [0.2, 0.25) is 6.79 Å². The van der Waals surface area contributed by atoms with Crippen LogP contribution in [0, 0.1) is 0 Å². The molecular formula is C14H21NO3. The first kappa shape index (κ1) is 13.0. The van der Waals surface area contributed by atoms with Crippen molar-refractivity contribution in [2.45, 2.75) is 32.8 Å². The third-order valence-corrected chi connectivity index (χ3v) is 2.90. The van der Waals surface area contributed by atoms with Gasteiger partial charge >= 0.3 is 0 Å². The van der Waals surface area contributed by atoms with Crippen LogP contribution in [-0.4, -0.2) is 26.0 Å². The van der Waals surface area contributed by atoms with Crippen LogP contribution in [0.4, 0.5) is 0 Å². The zero-order chi connectivity index (χ0) is 12.8. The first-order valence-corrected chi connectivity index (χ1v) is 6.56. The van der Waals surface area contributed by atoms with E-state index in [9.17, 15) is 0 Å². The van der Waals surface area contributed by atoms with E-state index in [4.69, 9.17) is 14.2 Å². The molecule has 0 aromatic heterocycles. The largest absolute Gasteiger partial charge is 0.491 e. The Bertz CT molecular complexity index is 381. The van der Waals surface area contributed by atoms with E-state index in [0.717, 1.165) is 43.2 Å². The fourth-order valence-electron chi connectivity index (χ4n) is 1.93. The Morgan fingerprint density at radius 1 is 1.33 bits per heavy atom. The van der Waals surface area contributed by atoms with E-state index in [1.807, 2.05) is 18.2 Å². The zero-order valence-electron chi connectivity index (χ0n) is 11.1. The number of ether oxygens (including phenoxy) is 3. The highest BCUT2D eigenvalue weighted by molar-refractivity contribution is 5.46. The number of hydrogen-bond acceptors (Lipinski definition) is 4. The summed E-state index contributed by atoms with van der Waals surface area (Å²) in [7, 11) is 0. The standard InChI is InChI=1S/C14H21NO3/c1-3-15-8-4-5-11(2)18-12-6-7-13-14(9-12)17-10-16-13/h6-7,9,11,15H,3-5,8,10H2,1-2H3. The highest BCUT2D eigenvalue weighted by atomic mass is 16.7. The van der Waals surface area contributed by atoms with Crippen molar-refractivity contribution < 1.29 is 14.2 Å². The summed E-state index contributed by atoms with van der Waals surface area (Å²) in [5.41, 5.74) is 0. The van der Waals surface area contributed by atoms with Gasteiger partial charge in [0.15, 0.2) is 11.5 Å². The molecule has 18 heavy (non-hydrogen) atoms. The number of rotatable bonds is 7. The van der Waals surface area contributed by atoms with Crippen LogP contribution >= 0.6 is 0 Å². The van der Waals surface area contributed by atoms with Crippen molar-refractivity contribution in [2.24, 2.45) is 0 Å². The third kappa shape index (κ3) is 3.53. The molecular weight excluding hydrogens is 230 g/mol. The van der Waals surface area contributed by atoms with Crippen LogP contribution in [0.2, 0.25) is 0 Å². The molecule has 0 saturated heterocycles. The molecule has 1 N–H and O–H groups in total. The van der Waals surface area contributed by atoms with Gasteiger partial charge in [-0.1, -0.05) is 6.92 Å². The van der Waals surface area contributed by atoms with Crippen molar-refractivity contribution in [3.05, 3.63) is 18.2 Å². The average molecular weight is 251 g/mol. The van der Waals surface area contributed by atoms with Gasteiger partial charge in [-0.15, -0.1) is 0 Å². The molecule has 2 rings (SSSR count). The number of hydrogen-bond donors (Lipinski definition) is 1. The van der Waals surface area contributed by atoms with Crippen LogP contribution in [0.1, 0.15) is 26.7 Å². The lowest BCUT2D eigenvalue weighted by Gasteiger charge is -2.15. The van der Waals surface area contributed by atoms with Crippen LogP contribution in [0.3, 0.4) is 0 Å². The summed E-state index contributed by atoms with van der Waals surface area (Å²) in [4.78, 5) is 0. The Balaban J connectivity index is 1.78. The summed E-state index contributed by atoms with van der Waals surface area (Å²) in [5.74, 6) is 2.41. The second-order valence-corrected chi connectivity index (χ2v) is 4.44. The summed E-state index contributed by atoms with van der Waals surface area (Å²) >= 11 is 0. The second-order valence-electron chi connectivity index (χ2n) is 4.44. The molecule has 1 unspecified atom stereocenters. The van der Waals surface area contributed by atoms with Crippen molar-refractivity contribution in [1.29, 1.82) is 0 Å². The lowest BCUT2D eigenvalue weighted by atomic mass is 10.2. The maximum Gasteiger partial charge on any atom is 0.231 e. The molecule has 4 heteroatoms. The quantitative estimate of drug-likeness (QED) is 0.756. The summed E-state index contributed by atoms with van der Waals surface area (Å²) in [5, 5.41) is 3.31. The molecule has 1 aromatic carbocycles. The highest BCUT2D eigenvalue weighted by Crippen LogP contribution is 2.35. The summed E-state index contributed by atoms with van der Waals surface area (Å²) in [6, 6.07) is 5.71. The lowest BCUT2D eigenvalue weighted by Crippen LogP contribution is -2.18. The van der Waals surface area contributed by atoms with E-state index in [-0.39, 0.29) is 6.10 Å². The SMILES string of the molecule is CCNCCCC(C)Oc1ccc2c(c1)OCO2. The Morgan fingerprint density at radius 3 is 3.00 bits per heavy atom.